The van der Waals surface area contributed by atoms with Crippen molar-refractivity contribution in [1.29, 1.82) is 0 Å². The van der Waals surface area contributed by atoms with E-state index in [-0.39, 0.29) is 5.91 Å². The molecule has 0 fully saturated rings. The van der Waals surface area contributed by atoms with Gasteiger partial charge in [-0.15, -0.1) is 0 Å². The van der Waals surface area contributed by atoms with Crippen LogP contribution < -0.4 is 10.5 Å². The van der Waals surface area contributed by atoms with Gasteiger partial charge in [0, 0.05) is 5.56 Å². The fraction of sp³-hybridized carbons (Fsp3) is 0.350. The van der Waals surface area contributed by atoms with E-state index in [0.29, 0.717) is 13.0 Å². The van der Waals surface area contributed by atoms with E-state index in [1.807, 2.05) is 62.6 Å². The van der Waals surface area contributed by atoms with Gasteiger partial charge in [-0.1, -0.05) is 42.5 Å². The normalized spacial score (nSPS) is 19.1. The van der Waals surface area contributed by atoms with E-state index >= 15 is 0 Å². The Morgan fingerprint density at radius 1 is 1.12 bits per heavy atom. The summed E-state index contributed by atoms with van der Waals surface area (Å²) in [6.07, 6.45) is 1.54. The standard InChI is InChI=1S/C20H24N2O2/c1-22(2)13-7-12-20(19(21)23)16-9-4-3-8-15(16)14-24-18-11-6-5-10-17(18)20/h3-6,8-11H,7,12-14H2,1-2H3,(H2,21,23). The number of carbonyl (C=O) groups excluding carboxylic acids is 1. The van der Waals surface area contributed by atoms with Gasteiger partial charge in [-0.25, -0.2) is 0 Å². The highest BCUT2D eigenvalue weighted by molar-refractivity contribution is 5.92. The highest BCUT2D eigenvalue weighted by Crippen LogP contribution is 2.45. The molecule has 1 heterocycles. The molecule has 0 saturated carbocycles. The zero-order chi connectivity index (χ0) is 17.2. The van der Waals surface area contributed by atoms with Crippen molar-refractivity contribution >= 4 is 5.91 Å². The molecule has 1 aliphatic heterocycles. The summed E-state index contributed by atoms with van der Waals surface area (Å²) in [5, 5.41) is 0. The van der Waals surface area contributed by atoms with Crippen LogP contribution >= 0.6 is 0 Å². The lowest BCUT2D eigenvalue weighted by atomic mass is 9.69. The van der Waals surface area contributed by atoms with Gasteiger partial charge in [-0.05, 0) is 50.7 Å². The number of para-hydroxylation sites is 1. The molecule has 0 bridgehead atoms. The van der Waals surface area contributed by atoms with Crippen molar-refractivity contribution in [2.75, 3.05) is 20.6 Å². The van der Waals surface area contributed by atoms with E-state index in [1.165, 1.54) is 0 Å². The van der Waals surface area contributed by atoms with Crippen molar-refractivity contribution in [2.45, 2.75) is 24.9 Å². The molecule has 0 aromatic heterocycles. The summed E-state index contributed by atoms with van der Waals surface area (Å²) in [4.78, 5) is 14.9. The summed E-state index contributed by atoms with van der Waals surface area (Å²) in [6.45, 7) is 1.36. The van der Waals surface area contributed by atoms with E-state index < -0.39 is 5.41 Å². The maximum Gasteiger partial charge on any atom is 0.232 e. The molecular weight excluding hydrogens is 300 g/mol. The second-order valence-corrected chi connectivity index (χ2v) is 6.62. The zero-order valence-corrected chi connectivity index (χ0v) is 14.3. The second kappa shape index (κ2) is 6.65. The Hall–Kier alpha value is -2.33. The van der Waals surface area contributed by atoms with Crippen LogP contribution in [0.5, 0.6) is 5.75 Å². The van der Waals surface area contributed by atoms with Crippen molar-refractivity contribution in [3.63, 3.8) is 0 Å². The van der Waals surface area contributed by atoms with E-state index in [4.69, 9.17) is 10.5 Å². The van der Waals surface area contributed by atoms with Crippen LogP contribution in [0.2, 0.25) is 0 Å². The number of carbonyl (C=O) groups is 1. The van der Waals surface area contributed by atoms with Crippen LogP contribution in [-0.2, 0) is 16.8 Å². The number of hydrogen-bond donors (Lipinski definition) is 1. The van der Waals surface area contributed by atoms with Gasteiger partial charge in [-0.3, -0.25) is 4.79 Å². The average molecular weight is 324 g/mol. The third kappa shape index (κ3) is 2.78. The van der Waals surface area contributed by atoms with Crippen LogP contribution in [0.3, 0.4) is 0 Å². The molecular formula is C20H24N2O2. The van der Waals surface area contributed by atoms with Gasteiger partial charge in [0.2, 0.25) is 5.91 Å². The van der Waals surface area contributed by atoms with Crippen molar-refractivity contribution in [3.05, 3.63) is 65.2 Å². The first-order chi connectivity index (χ1) is 11.6. The quantitative estimate of drug-likeness (QED) is 0.920. The van der Waals surface area contributed by atoms with Gasteiger partial charge in [0.05, 0.1) is 0 Å². The molecule has 2 aromatic rings. The smallest absolute Gasteiger partial charge is 0.232 e. The lowest BCUT2D eigenvalue weighted by Gasteiger charge is -2.32. The summed E-state index contributed by atoms with van der Waals surface area (Å²) in [6, 6.07) is 15.7. The van der Waals surface area contributed by atoms with E-state index in [2.05, 4.69) is 4.90 Å². The Balaban J connectivity index is 2.18. The molecule has 24 heavy (non-hydrogen) atoms. The molecule has 0 radical (unpaired) electrons. The molecule has 2 N–H and O–H groups in total. The zero-order valence-electron chi connectivity index (χ0n) is 14.3. The number of hydrogen-bond acceptors (Lipinski definition) is 3. The number of rotatable bonds is 5. The third-order valence-corrected chi connectivity index (χ3v) is 4.78. The Kier molecular flexibility index (Phi) is 4.58. The number of amides is 1. The molecule has 126 valence electrons. The molecule has 3 rings (SSSR count). The summed E-state index contributed by atoms with van der Waals surface area (Å²) in [5.41, 5.74) is 8.04. The maximum atomic E-state index is 12.8. The molecule has 1 amide bonds. The lowest BCUT2D eigenvalue weighted by molar-refractivity contribution is -0.122. The average Bonchev–Trinajstić information content (AvgIpc) is 2.71. The van der Waals surface area contributed by atoms with Crippen molar-refractivity contribution in [1.82, 2.24) is 4.90 Å². The van der Waals surface area contributed by atoms with Crippen molar-refractivity contribution in [3.8, 4) is 5.75 Å². The van der Waals surface area contributed by atoms with Crippen LogP contribution in [0.1, 0.15) is 29.5 Å². The third-order valence-electron chi connectivity index (χ3n) is 4.78. The molecule has 1 aliphatic rings. The Bertz CT molecular complexity index is 692. The highest BCUT2D eigenvalue weighted by atomic mass is 16.5. The molecule has 2 aromatic carbocycles. The summed E-state index contributed by atoms with van der Waals surface area (Å²) < 4.78 is 5.99. The predicted octanol–water partition coefficient (Wildman–Crippen LogP) is 2.69. The largest absolute Gasteiger partial charge is 0.489 e. The Morgan fingerprint density at radius 2 is 1.79 bits per heavy atom. The van der Waals surface area contributed by atoms with Gasteiger partial charge in [0.25, 0.3) is 0 Å². The fourth-order valence-electron chi connectivity index (χ4n) is 3.63. The van der Waals surface area contributed by atoms with Gasteiger partial charge in [0.15, 0.2) is 0 Å². The summed E-state index contributed by atoms with van der Waals surface area (Å²) in [7, 11) is 4.07. The molecule has 0 saturated heterocycles. The number of primary amides is 1. The van der Waals surface area contributed by atoms with Crippen LogP contribution in [0.4, 0.5) is 0 Å². The minimum Gasteiger partial charge on any atom is -0.489 e. The first-order valence-electron chi connectivity index (χ1n) is 8.31. The maximum absolute atomic E-state index is 12.8. The molecule has 1 unspecified atom stereocenters. The van der Waals surface area contributed by atoms with Crippen LogP contribution in [0, 0.1) is 0 Å². The number of nitrogens with two attached hydrogens (primary N) is 1. The number of ether oxygens (including phenoxy) is 1. The highest BCUT2D eigenvalue weighted by Gasteiger charge is 2.44. The van der Waals surface area contributed by atoms with Gasteiger partial charge in [0.1, 0.15) is 17.8 Å². The Morgan fingerprint density at radius 3 is 2.50 bits per heavy atom. The fourth-order valence-corrected chi connectivity index (χ4v) is 3.63. The molecule has 1 atom stereocenters. The van der Waals surface area contributed by atoms with Crippen molar-refractivity contribution < 1.29 is 9.53 Å². The second-order valence-electron chi connectivity index (χ2n) is 6.62. The summed E-state index contributed by atoms with van der Waals surface area (Å²) >= 11 is 0. The molecule has 4 nitrogen and oxygen atoms in total. The van der Waals surface area contributed by atoms with E-state index in [9.17, 15) is 4.79 Å². The first kappa shape index (κ1) is 16.5. The van der Waals surface area contributed by atoms with E-state index in [0.717, 1.165) is 35.4 Å². The first-order valence-corrected chi connectivity index (χ1v) is 8.31. The lowest BCUT2D eigenvalue weighted by Crippen LogP contribution is -2.43. The molecule has 4 heteroatoms. The van der Waals surface area contributed by atoms with Crippen molar-refractivity contribution in [2.24, 2.45) is 5.73 Å². The number of benzene rings is 2. The van der Waals surface area contributed by atoms with Gasteiger partial charge in [-0.2, -0.15) is 0 Å². The van der Waals surface area contributed by atoms with E-state index in [1.54, 1.807) is 0 Å². The Labute approximate surface area is 143 Å². The monoisotopic (exact) mass is 324 g/mol. The van der Waals surface area contributed by atoms with Crippen LogP contribution in [0.15, 0.2) is 48.5 Å². The predicted molar refractivity (Wildman–Crippen MR) is 95.0 cm³/mol. The SMILES string of the molecule is CN(C)CCCC1(C(N)=O)c2ccccc2COc2ccccc21. The summed E-state index contributed by atoms with van der Waals surface area (Å²) in [5.74, 6) is 0.434. The number of nitrogens with zero attached hydrogens (tertiary/aromatic N) is 1. The van der Waals surface area contributed by atoms with Crippen LogP contribution in [-0.4, -0.2) is 31.4 Å². The minimum absolute atomic E-state index is 0.313. The molecule has 0 spiro atoms. The minimum atomic E-state index is -0.848. The molecule has 0 aliphatic carbocycles. The topological polar surface area (TPSA) is 55.6 Å². The van der Waals surface area contributed by atoms with Gasteiger partial charge >= 0.3 is 0 Å². The number of fused-ring (bicyclic) bond motifs is 2. The van der Waals surface area contributed by atoms with Crippen LogP contribution in [0.25, 0.3) is 0 Å². The van der Waals surface area contributed by atoms with Gasteiger partial charge < -0.3 is 15.4 Å².